The Hall–Kier alpha value is -0.880. The third-order valence-electron chi connectivity index (χ3n) is 5.37. The number of terminal acetylenes is 1. The summed E-state index contributed by atoms with van der Waals surface area (Å²) in [5.74, 6) is 6.03. The van der Waals surface area contributed by atoms with Crippen molar-refractivity contribution >= 4 is 17.7 Å². The van der Waals surface area contributed by atoms with Crippen molar-refractivity contribution in [1.29, 1.82) is 0 Å². The molecular weight excluding hydrogens is 304 g/mol. The van der Waals surface area contributed by atoms with E-state index in [0.717, 1.165) is 42.3 Å². The number of carbonyl (C=O) groups is 1. The smallest absolute Gasteiger partial charge is 0.303 e. The highest BCUT2D eigenvalue weighted by Gasteiger charge is 2.46. The molecule has 0 aliphatic heterocycles. The molecule has 1 N–H and O–H groups in total. The molecule has 3 heteroatoms. The number of allylic oxidation sites excluding steroid dienone is 2. The molecule has 2 bridgehead atoms. The fourth-order valence-corrected chi connectivity index (χ4v) is 5.98. The number of rotatable bonds is 11. The Bertz CT molecular complexity index is 437. The van der Waals surface area contributed by atoms with E-state index in [2.05, 4.69) is 29.8 Å². The minimum Gasteiger partial charge on any atom is -0.481 e. The number of unbranched alkanes of at least 4 members (excludes halogenated alkanes) is 3. The van der Waals surface area contributed by atoms with Gasteiger partial charge < -0.3 is 5.11 Å². The van der Waals surface area contributed by atoms with Crippen molar-refractivity contribution in [2.24, 2.45) is 17.8 Å². The summed E-state index contributed by atoms with van der Waals surface area (Å²) in [5.41, 5.74) is 0. The number of carboxylic acid groups (broad SMARTS) is 1. The van der Waals surface area contributed by atoms with Crippen LogP contribution in [-0.2, 0) is 4.79 Å². The maximum absolute atomic E-state index is 10.5. The third-order valence-corrected chi connectivity index (χ3v) is 7.01. The largest absolute Gasteiger partial charge is 0.481 e. The zero-order chi connectivity index (χ0) is 16.5. The molecule has 2 aliphatic carbocycles. The quantitative estimate of drug-likeness (QED) is 0.323. The molecule has 0 aromatic heterocycles. The van der Waals surface area contributed by atoms with Gasteiger partial charge in [-0.15, -0.1) is 12.3 Å². The van der Waals surface area contributed by atoms with Crippen molar-refractivity contribution in [3.05, 3.63) is 12.2 Å². The van der Waals surface area contributed by atoms with Crippen LogP contribution < -0.4 is 0 Å². The van der Waals surface area contributed by atoms with E-state index < -0.39 is 5.97 Å². The lowest BCUT2D eigenvalue weighted by molar-refractivity contribution is -0.137. The first kappa shape index (κ1) is 18.5. The zero-order valence-corrected chi connectivity index (χ0v) is 14.9. The van der Waals surface area contributed by atoms with Gasteiger partial charge >= 0.3 is 5.97 Å². The second kappa shape index (κ2) is 10.1. The fourth-order valence-electron chi connectivity index (χ4n) is 4.23. The van der Waals surface area contributed by atoms with Crippen LogP contribution in [0.3, 0.4) is 0 Å². The van der Waals surface area contributed by atoms with Crippen LogP contribution in [0.15, 0.2) is 12.2 Å². The molecular formula is C20H30O2S. The van der Waals surface area contributed by atoms with Crippen LogP contribution in [0.2, 0.25) is 0 Å². The van der Waals surface area contributed by atoms with Crippen LogP contribution in [0.4, 0.5) is 0 Å². The van der Waals surface area contributed by atoms with Crippen LogP contribution in [0.5, 0.6) is 0 Å². The molecule has 2 rings (SSSR count). The van der Waals surface area contributed by atoms with E-state index in [-0.39, 0.29) is 6.42 Å². The average Bonchev–Trinajstić information content (AvgIpc) is 3.12. The van der Waals surface area contributed by atoms with E-state index in [4.69, 9.17) is 11.5 Å². The van der Waals surface area contributed by atoms with Gasteiger partial charge in [0.1, 0.15) is 0 Å². The second-order valence-corrected chi connectivity index (χ2v) is 8.27. The van der Waals surface area contributed by atoms with Crippen molar-refractivity contribution in [1.82, 2.24) is 0 Å². The summed E-state index contributed by atoms with van der Waals surface area (Å²) in [5, 5.41) is 9.50. The molecule has 0 amide bonds. The molecule has 0 aromatic rings. The van der Waals surface area contributed by atoms with E-state index in [0.29, 0.717) is 0 Å². The van der Waals surface area contributed by atoms with Gasteiger partial charge in [0.05, 0.1) is 0 Å². The molecule has 2 aliphatic rings. The number of hydrogen-bond acceptors (Lipinski definition) is 2. The number of carboxylic acids is 1. The summed E-state index contributed by atoms with van der Waals surface area (Å²) in [6.45, 7) is 0. The summed E-state index contributed by atoms with van der Waals surface area (Å²) in [7, 11) is 0. The average molecular weight is 335 g/mol. The van der Waals surface area contributed by atoms with Crippen LogP contribution in [0.25, 0.3) is 0 Å². The van der Waals surface area contributed by atoms with Crippen LogP contribution in [0.1, 0.15) is 64.2 Å². The minimum atomic E-state index is -0.687. The molecule has 0 unspecified atom stereocenters. The lowest BCUT2D eigenvalue weighted by atomic mass is 9.86. The zero-order valence-electron chi connectivity index (χ0n) is 14.1. The van der Waals surface area contributed by atoms with Crippen LogP contribution in [-0.4, -0.2) is 22.1 Å². The van der Waals surface area contributed by atoms with Gasteiger partial charge in [-0.3, -0.25) is 4.79 Å². The van der Waals surface area contributed by atoms with Gasteiger partial charge in [0.25, 0.3) is 0 Å². The predicted molar refractivity (Wildman–Crippen MR) is 98.5 cm³/mol. The van der Waals surface area contributed by atoms with Gasteiger partial charge in [0.15, 0.2) is 0 Å². The molecule has 2 nitrogen and oxygen atoms in total. The summed E-state index contributed by atoms with van der Waals surface area (Å²) >= 11 is 2.20. The van der Waals surface area contributed by atoms with Crippen molar-refractivity contribution in [3.63, 3.8) is 0 Å². The molecule has 4 atom stereocenters. The van der Waals surface area contributed by atoms with Gasteiger partial charge in [-0.2, -0.15) is 11.8 Å². The summed E-state index contributed by atoms with van der Waals surface area (Å²) in [6, 6.07) is 0. The van der Waals surface area contributed by atoms with Crippen LogP contribution in [0, 0.1) is 30.1 Å². The van der Waals surface area contributed by atoms with Gasteiger partial charge in [-0.25, -0.2) is 0 Å². The predicted octanol–water partition coefficient (Wildman–Crippen LogP) is 5.14. The molecule has 2 saturated carbocycles. The Morgan fingerprint density at radius 3 is 2.83 bits per heavy atom. The molecule has 0 heterocycles. The van der Waals surface area contributed by atoms with Crippen molar-refractivity contribution in [3.8, 4) is 12.3 Å². The van der Waals surface area contributed by atoms with E-state index in [1.807, 2.05) is 0 Å². The normalized spacial score (nSPS) is 29.2. The molecule has 2 fully saturated rings. The van der Waals surface area contributed by atoms with E-state index >= 15 is 0 Å². The maximum atomic E-state index is 10.5. The Kier molecular flexibility index (Phi) is 8.09. The maximum Gasteiger partial charge on any atom is 0.303 e. The topological polar surface area (TPSA) is 37.3 Å². The third kappa shape index (κ3) is 5.92. The lowest BCUT2D eigenvalue weighted by Crippen LogP contribution is -2.24. The highest BCUT2D eigenvalue weighted by molar-refractivity contribution is 7.99. The highest BCUT2D eigenvalue weighted by atomic mass is 32.2. The van der Waals surface area contributed by atoms with Crippen molar-refractivity contribution in [2.75, 3.05) is 5.75 Å². The van der Waals surface area contributed by atoms with Gasteiger partial charge in [-0.05, 0) is 74.9 Å². The monoisotopic (exact) mass is 334 g/mol. The first-order chi connectivity index (χ1) is 11.2. The lowest BCUT2D eigenvalue weighted by Gasteiger charge is -2.30. The van der Waals surface area contributed by atoms with E-state index in [1.165, 1.54) is 44.3 Å². The van der Waals surface area contributed by atoms with Gasteiger partial charge in [0.2, 0.25) is 0 Å². The SMILES string of the molecule is C#CCCCCS[C@@H]1[C@@H]2CC[C@@H](C2)[C@@H]1C/C=C\CCCC(=O)O. The first-order valence-electron chi connectivity index (χ1n) is 9.14. The molecule has 23 heavy (non-hydrogen) atoms. The van der Waals surface area contributed by atoms with Crippen molar-refractivity contribution in [2.45, 2.75) is 69.5 Å². The van der Waals surface area contributed by atoms with Gasteiger partial charge in [0, 0.05) is 18.1 Å². The molecule has 0 radical (unpaired) electrons. The standard InChI is InChI=1S/C20H30O2S/c1-2-3-4-9-14-23-20-17-13-12-16(15-17)18(20)10-7-5-6-8-11-19(21)22/h1,5,7,16-18,20H,3-4,6,8-15H2,(H,21,22)/b7-5-/t16-,17+,18-,20+/m0/s1. The summed E-state index contributed by atoms with van der Waals surface area (Å²) < 4.78 is 0. The number of fused-ring (bicyclic) bond motifs is 2. The molecule has 128 valence electrons. The number of thioether (sulfide) groups is 1. The van der Waals surface area contributed by atoms with Crippen LogP contribution >= 0.6 is 11.8 Å². The molecule has 0 spiro atoms. The van der Waals surface area contributed by atoms with E-state index in [9.17, 15) is 4.79 Å². The highest BCUT2D eigenvalue weighted by Crippen LogP contribution is 2.54. The number of hydrogen-bond donors (Lipinski definition) is 1. The van der Waals surface area contributed by atoms with E-state index in [1.54, 1.807) is 0 Å². The summed E-state index contributed by atoms with van der Waals surface area (Å²) in [4.78, 5) is 10.5. The molecule has 0 saturated heterocycles. The second-order valence-electron chi connectivity index (χ2n) is 6.99. The Morgan fingerprint density at radius 2 is 2.04 bits per heavy atom. The minimum absolute atomic E-state index is 0.286. The Morgan fingerprint density at radius 1 is 1.22 bits per heavy atom. The first-order valence-corrected chi connectivity index (χ1v) is 10.2. The number of aliphatic carboxylic acids is 1. The Labute approximate surface area is 145 Å². The fraction of sp³-hybridized carbons (Fsp3) is 0.750. The van der Waals surface area contributed by atoms with Crippen molar-refractivity contribution < 1.29 is 9.90 Å². The molecule has 0 aromatic carbocycles. The van der Waals surface area contributed by atoms with Gasteiger partial charge in [-0.1, -0.05) is 12.2 Å². The Balaban J connectivity index is 1.69. The summed E-state index contributed by atoms with van der Waals surface area (Å²) in [6.07, 6.45) is 20.6.